The molecule has 0 fully saturated rings. The van der Waals surface area contributed by atoms with Gasteiger partial charge in [-0.05, 0) is 44.4 Å². The van der Waals surface area contributed by atoms with Gasteiger partial charge in [-0.2, -0.15) is 0 Å². The van der Waals surface area contributed by atoms with E-state index in [-0.39, 0.29) is 11.3 Å². The van der Waals surface area contributed by atoms with E-state index in [0.717, 1.165) is 35.9 Å². The van der Waals surface area contributed by atoms with Crippen LogP contribution in [0.25, 0.3) is 10.9 Å². The van der Waals surface area contributed by atoms with Gasteiger partial charge in [-0.1, -0.05) is 13.3 Å². The lowest BCUT2D eigenvalue weighted by molar-refractivity contribution is 0.0696. The summed E-state index contributed by atoms with van der Waals surface area (Å²) in [4.78, 5) is 23.3. The summed E-state index contributed by atoms with van der Waals surface area (Å²) in [5.41, 5.74) is 3.44. The Hall–Kier alpha value is -2.10. The first kappa shape index (κ1) is 15.3. The molecule has 1 aromatic heterocycles. The van der Waals surface area contributed by atoms with Gasteiger partial charge in [-0.3, -0.25) is 4.79 Å². The third-order valence-electron chi connectivity index (χ3n) is 3.95. The average Bonchev–Trinajstić information content (AvgIpc) is 2.80. The molecule has 112 valence electrons. The number of hydrogen-bond acceptors (Lipinski definition) is 2. The van der Waals surface area contributed by atoms with Gasteiger partial charge in [0.1, 0.15) is 0 Å². The van der Waals surface area contributed by atoms with E-state index >= 15 is 0 Å². The van der Waals surface area contributed by atoms with Crippen LogP contribution >= 0.6 is 0 Å². The molecule has 0 atom stereocenters. The second-order valence-electron chi connectivity index (χ2n) is 5.54. The Morgan fingerprint density at radius 1 is 1.24 bits per heavy atom. The summed E-state index contributed by atoms with van der Waals surface area (Å²) in [6.45, 7) is 8.18. The Bertz CT molecular complexity index is 725. The summed E-state index contributed by atoms with van der Waals surface area (Å²) in [7, 11) is 0. The molecule has 21 heavy (non-hydrogen) atoms. The second kappa shape index (κ2) is 5.72. The Kier molecular flexibility index (Phi) is 4.16. The zero-order chi connectivity index (χ0) is 15.7. The van der Waals surface area contributed by atoms with Crippen LogP contribution < -0.4 is 0 Å². The summed E-state index contributed by atoms with van der Waals surface area (Å²) in [6.07, 6.45) is 3.97. The number of aromatic carboxylic acids is 1. The maximum absolute atomic E-state index is 11.9. The van der Waals surface area contributed by atoms with Crippen molar-refractivity contribution in [1.29, 1.82) is 0 Å². The number of carboxylic acids is 1. The van der Waals surface area contributed by atoms with Gasteiger partial charge in [0.05, 0.1) is 11.1 Å². The van der Waals surface area contributed by atoms with Crippen molar-refractivity contribution in [2.45, 2.75) is 47.1 Å². The number of carbonyl (C=O) groups is 2. The zero-order valence-electron chi connectivity index (χ0n) is 13.0. The summed E-state index contributed by atoms with van der Waals surface area (Å²) >= 11 is 0. The molecule has 0 aliphatic rings. The number of rotatable bonds is 5. The molecule has 0 saturated heterocycles. The molecule has 2 rings (SSSR count). The van der Waals surface area contributed by atoms with E-state index in [1.54, 1.807) is 13.0 Å². The van der Waals surface area contributed by atoms with Crippen LogP contribution in [0.1, 0.15) is 58.5 Å². The molecule has 1 aromatic carbocycles. The number of hydrogen-bond donors (Lipinski definition) is 1. The number of fused-ring (bicyclic) bond motifs is 1. The summed E-state index contributed by atoms with van der Waals surface area (Å²) in [6, 6.07) is 1.70. The summed E-state index contributed by atoms with van der Waals surface area (Å²) in [5, 5.41) is 10.1. The SMILES string of the molecule is CCCCn1cc(C(C)=O)c2c(C)c(C(=O)O)cc(C)c21. The fourth-order valence-corrected chi connectivity index (χ4v) is 2.88. The maximum Gasteiger partial charge on any atom is 0.335 e. The van der Waals surface area contributed by atoms with Crippen LogP contribution in [-0.2, 0) is 6.54 Å². The van der Waals surface area contributed by atoms with E-state index in [9.17, 15) is 14.7 Å². The highest BCUT2D eigenvalue weighted by Gasteiger charge is 2.20. The summed E-state index contributed by atoms with van der Waals surface area (Å²) < 4.78 is 2.09. The molecule has 0 aliphatic carbocycles. The van der Waals surface area contributed by atoms with E-state index in [0.29, 0.717) is 11.1 Å². The van der Waals surface area contributed by atoms with Gasteiger partial charge in [0, 0.05) is 23.7 Å². The van der Waals surface area contributed by atoms with Crippen molar-refractivity contribution < 1.29 is 14.7 Å². The van der Waals surface area contributed by atoms with E-state index in [1.165, 1.54) is 6.92 Å². The van der Waals surface area contributed by atoms with Gasteiger partial charge in [0.15, 0.2) is 5.78 Å². The first-order valence-electron chi connectivity index (χ1n) is 7.25. The Labute approximate surface area is 124 Å². The Morgan fingerprint density at radius 2 is 1.90 bits per heavy atom. The van der Waals surface area contributed by atoms with Gasteiger partial charge in [0.2, 0.25) is 0 Å². The molecule has 0 bridgehead atoms. The number of aromatic nitrogens is 1. The highest BCUT2D eigenvalue weighted by atomic mass is 16.4. The molecule has 0 aliphatic heterocycles. The third-order valence-corrected chi connectivity index (χ3v) is 3.95. The Balaban J connectivity index is 2.84. The molecule has 0 saturated carbocycles. The van der Waals surface area contributed by atoms with Crippen LogP contribution in [0.2, 0.25) is 0 Å². The lowest BCUT2D eigenvalue weighted by Crippen LogP contribution is -2.03. The van der Waals surface area contributed by atoms with Gasteiger partial charge in [-0.15, -0.1) is 0 Å². The highest BCUT2D eigenvalue weighted by Crippen LogP contribution is 2.31. The number of unbranched alkanes of at least 4 members (excludes halogenated alkanes) is 1. The molecule has 2 aromatic rings. The number of benzene rings is 1. The minimum Gasteiger partial charge on any atom is -0.478 e. The van der Waals surface area contributed by atoms with Crippen molar-refractivity contribution in [2.24, 2.45) is 0 Å². The number of aryl methyl sites for hydroxylation is 3. The molecule has 0 unspecified atom stereocenters. The minimum absolute atomic E-state index is 0.0275. The van der Waals surface area contributed by atoms with Crippen molar-refractivity contribution in [2.75, 3.05) is 0 Å². The van der Waals surface area contributed by atoms with Crippen molar-refractivity contribution in [3.63, 3.8) is 0 Å². The smallest absolute Gasteiger partial charge is 0.335 e. The molecule has 4 heteroatoms. The largest absolute Gasteiger partial charge is 0.478 e. The van der Waals surface area contributed by atoms with E-state index < -0.39 is 5.97 Å². The highest BCUT2D eigenvalue weighted by molar-refractivity contribution is 6.11. The fraction of sp³-hybridized carbons (Fsp3) is 0.412. The van der Waals surface area contributed by atoms with Crippen LogP contribution in [-0.4, -0.2) is 21.4 Å². The van der Waals surface area contributed by atoms with E-state index in [4.69, 9.17) is 0 Å². The Morgan fingerprint density at radius 3 is 2.43 bits per heavy atom. The quantitative estimate of drug-likeness (QED) is 0.847. The zero-order valence-corrected chi connectivity index (χ0v) is 13.0. The maximum atomic E-state index is 11.9. The third kappa shape index (κ3) is 2.58. The van der Waals surface area contributed by atoms with E-state index in [1.807, 2.05) is 13.1 Å². The average molecular weight is 287 g/mol. The lowest BCUT2D eigenvalue weighted by atomic mass is 9.97. The number of Topliss-reactive ketones (excluding diaryl/α,β-unsaturated/α-hetero) is 1. The molecule has 0 spiro atoms. The second-order valence-corrected chi connectivity index (χ2v) is 5.54. The van der Waals surface area contributed by atoms with Gasteiger partial charge in [-0.25, -0.2) is 4.79 Å². The van der Waals surface area contributed by atoms with Gasteiger partial charge >= 0.3 is 5.97 Å². The predicted octanol–water partition coefficient (Wildman–Crippen LogP) is 3.96. The number of nitrogens with zero attached hydrogens (tertiary/aromatic N) is 1. The van der Waals surface area contributed by atoms with Crippen LogP contribution in [0, 0.1) is 13.8 Å². The van der Waals surface area contributed by atoms with Crippen LogP contribution in [0.5, 0.6) is 0 Å². The van der Waals surface area contributed by atoms with Gasteiger partial charge < -0.3 is 9.67 Å². The van der Waals surface area contributed by atoms with Crippen molar-refractivity contribution in [3.05, 3.63) is 34.5 Å². The first-order chi connectivity index (χ1) is 9.88. The first-order valence-corrected chi connectivity index (χ1v) is 7.25. The molecular weight excluding hydrogens is 266 g/mol. The van der Waals surface area contributed by atoms with Gasteiger partial charge in [0.25, 0.3) is 0 Å². The predicted molar refractivity (Wildman–Crippen MR) is 83.3 cm³/mol. The molecule has 1 N–H and O–H groups in total. The molecular formula is C17H21NO3. The summed E-state index contributed by atoms with van der Waals surface area (Å²) in [5.74, 6) is -0.978. The molecule has 0 radical (unpaired) electrons. The van der Waals surface area contributed by atoms with Crippen LogP contribution in [0.15, 0.2) is 12.3 Å². The number of ketones is 1. The number of carboxylic acid groups (broad SMARTS) is 1. The standard InChI is InChI=1S/C17H21NO3/c1-5-6-7-18-9-14(12(4)19)15-11(3)13(17(20)21)8-10(2)16(15)18/h8-9H,5-7H2,1-4H3,(H,20,21). The van der Waals surface area contributed by atoms with Crippen molar-refractivity contribution >= 4 is 22.7 Å². The number of carbonyl (C=O) groups excluding carboxylic acids is 1. The fourth-order valence-electron chi connectivity index (χ4n) is 2.88. The van der Waals surface area contributed by atoms with Crippen molar-refractivity contribution in [3.8, 4) is 0 Å². The van der Waals surface area contributed by atoms with Crippen LogP contribution in [0.3, 0.4) is 0 Å². The molecule has 4 nitrogen and oxygen atoms in total. The molecule has 1 heterocycles. The lowest BCUT2D eigenvalue weighted by Gasteiger charge is -2.10. The van der Waals surface area contributed by atoms with Crippen LogP contribution in [0.4, 0.5) is 0 Å². The van der Waals surface area contributed by atoms with Crippen molar-refractivity contribution in [1.82, 2.24) is 4.57 Å². The minimum atomic E-state index is -0.951. The topological polar surface area (TPSA) is 59.3 Å². The van der Waals surface area contributed by atoms with E-state index in [2.05, 4.69) is 11.5 Å². The monoisotopic (exact) mass is 287 g/mol. The normalized spacial score (nSPS) is 11.0. The molecule has 0 amide bonds.